The summed E-state index contributed by atoms with van der Waals surface area (Å²) in [5.74, 6) is -4.10. The first-order chi connectivity index (χ1) is 17.2. The lowest BCUT2D eigenvalue weighted by Crippen LogP contribution is -2.43. The Bertz CT molecular complexity index is 1190. The van der Waals surface area contributed by atoms with Crippen LogP contribution >= 0.6 is 34.8 Å². The molecule has 0 aromatic heterocycles. The number of amides is 4. The third kappa shape index (κ3) is 5.48. The number of hydrogen-bond donors (Lipinski definition) is 2. The average Bonchev–Trinajstić information content (AvgIpc) is 3.10. The van der Waals surface area contributed by atoms with E-state index in [0.717, 1.165) is 4.90 Å². The Balaban J connectivity index is 1.34. The van der Waals surface area contributed by atoms with Gasteiger partial charge < -0.3 is 4.74 Å². The summed E-state index contributed by atoms with van der Waals surface area (Å²) in [6.07, 6.45) is 0.597. The largest absolute Gasteiger partial charge is 0.452 e. The lowest BCUT2D eigenvalue weighted by atomic mass is 9.80. The third-order valence-corrected chi connectivity index (χ3v) is 7.35. The van der Waals surface area contributed by atoms with Crippen molar-refractivity contribution in [1.29, 1.82) is 0 Å². The van der Waals surface area contributed by atoms with Gasteiger partial charge in [-0.25, -0.2) is 4.79 Å². The van der Waals surface area contributed by atoms with Crippen LogP contribution in [-0.4, -0.2) is 47.0 Å². The van der Waals surface area contributed by atoms with Gasteiger partial charge in [0.05, 0.1) is 33.8 Å². The molecule has 2 aliphatic rings. The van der Waals surface area contributed by atoms with E-state index in [1.807, 2.05) is 0 Å². The van der Waals surface area contributed by atoms with E-state index in [4.69, 9.17) is 39.5 Å². The molecule has 188 valence electrons. The zero-order valence-corrected chi connectivity index (χ0v) is 20.8. The molecule has 2 aromatic carbocycles. The van der Waals surface area contributed by atoms with E-state index in [1.165, 1.54) is 48.5 Å². The minimum atomic E-state index is -0.853. The van der Waals surface area contributed by atoms with E-state index in [1.54, 1.807) is 0 Å². The number of fused-ring (bicyclic) bond motifs is 1. The van der Waals surface area contributed by atoms with Crippen LogP contribution in [0.3, 0.4) is 0 Å². The predicted molar refractivity (Wildman–Crippen MR) is 132 cm³/mol. The maximum atomic E-state index is 12.9. The lowest BCUT2D eigenvalue weighted by molar-refractivity contribution is -0.125. The Kier molecular flexibility index (Phi) is 7.82. The topological polar surface area (TPSA) is 122 Å². The molecule has 12 heteroatoms. The highest BCUT2D eigenvalue weighted by atomic mass is 35.5. The van der Waals surface area contributed by atoms with Crippen molar-refractivity contribution in [3.63, 3.8) is 0 Å². The minimum Gasteiger partial charge on any atom is -0.452 e. The zero-order valence-electron chi connectivity index (χ0n) is 18.6. The van der Waals surface area contributed by atoms with Gasteiger partial charge in [0.2, 0.25) is 11.8 Å². The quantitative estimate of drug-likeness (QED) is 0.254. The third-order valence-electron chi connectivity index (χ3n) is 6.01. The van der Waals surface area contributed by atoms with Gasteiger partial charge in [0.1, 0.15) is 0 Å². The Morgan fingerprint density at radius 3 is 2.11 bits per heavy atom. The van der Waals surface area contributed by atoms with E-state index in [2.05, 4.69) is 10.9 Å². The number of hydrazine groups is 1. The molecule has 2 aromatic rings. The Hall–Kier alpha value is -3.14. The normalized spacial score (nSPS) is 23.1. The fourth-order valence-corrected chi connectivity index (χ4v) is 4.89. The lowest BCUT2D eigenvalue weighted by Gasteiger charge is -2.28. The number of carbonyl (C=O) groups is 5. The number of nitrogens with zero attached hydrogens (tertiary/aromatic N) is 1. The number of hydrogen-bond acceptors (Lipinski definition) is 6. The number of esters is 1. The van der Waals surface area contributed by atoms with Gasteiger partial charge in [0.15, 0.2) is 6.61 Å². The van der Waals surface area contributed by atoms with E-state index in [9.17, 15) is 24.0 Å². The molecule has 2 N–H and O–H groups in total. The molecular weight excluding hydrogens is 533 g/mol. The molecule has 4 amide bonds. The van der Waals surface area contributed by atoms with E-state index < -0.39 is 47.0 Å². The van der Waals surface area contributed by atoms with Crippen LogP contribution in [0.2, 0.25) is 5.02 Å². The SMILES string of the molecule is O=C(COC(=O)c1cccc(N2C(=O)[C@H]3C[C@H](Cl)[C@@H](Cl)C[C@H]3C2=O)c1)NNC(=O)c1ccc(Cl)cc1. The molecule has 0 unspecified atom stereocenters. The second-order valence-corrected chi connectivity index (χ2v) is 9.92. The van der Waals surface area contributed by atoms with Gasteiger partial charge in [-0.05, 0) is 55.3 Å². The molecule has 1 aliphatic carbocycles. The summed E-state index contributed by atoms with van der Waals surface area (Å²) in [7, 11) is 0. The summed E-state index contributed by atoms with van der Waals surface area (Å²) in [4.78, 5) is 63.4. The van der Waals surface area contributed by atoms with Crippen molar-refractivity contribution in [2.24, 2.45) is 11.8 Å². The number of imide groups is 1. The van der Waals surface area contributed by atoms with Crippen LogP contribution in [0.1, 0.15) is 33.6 Å². The molecule has 4 atom stereocenters. The zero-order chi connectivity index (χ0) is 26.0. The molecular formula is C24H20Cl3N3O6. The molecule has 2 fully saturated rings. The molecule has 4 rings (SSSR count). The first kappa shape index (κ1) is 25.9. The Morgan fingerprint density at radius 1 is 0.889 bits per heavy atom. The van der Waals surface area contributed by atoms with Crippen LogP contribution in [0.5, 0.6) is 0 Å². The van der Waals surface area contributed by atoms with E-state index in [-0.39, 0.29) is 28.6 Å². The summed E-state index contributed by atoms with van der Waals surface area (Å²) in [6.45, 7) is -0.677. The summed E-state index contributed by atoms with van der Waals surface area (Å²) < 4.78 is 4.99. The van der Waals surface area contributed by atoms with E-state index in [0.29, 0.717) is 17.9 Å². The molecule has 1 heterocycles. The van der Waals surface area contributed by atoms with Crippen LogP contribution in [0.25, 0.3) is 0 Å². The van der Waals surface area contributed by atoms with E-state index >= 15 is 0 Å². The predicted octanol–water partition coefficient (Wildman–Crippen LogP) is 3.07. The number of ether oxygens (including phenoxy) is 1. The maximum absolute atomic E-state index is 12.9. The number of halogens is 3. The fourth-order valence-electron chi connectivity index (χ4n) is 4.17. The first-order valence-corrected chi connectivity index (χ1v) is 12.2. The van der Waals surface area contributed by atoms with Gasteiger partial charge >= 0.3 is 5.97 Å². The van der Waals surface area contributed by atoms with Crippen molar-refractivity contribution in [2.45, 2.75) is 23.6 Å². The number of anilines is 1. The highest BCUT2D eigenvalue weighted by molar-refractivity contribution is 6.31. The Labute approximate surface area is 221 Å². The molecule has 1 saturated carbocycles. The average molecular weight is 553 g/mol. The maximum Gasteiger partial charge on any atom is 0.338 e. The van der Waals surface area contributed by atoms with Crippen molar-refractivity contribution < 1.29 is 28.7 Å². The first-order valence-electron chi connectivity index (χ1n) is 10.9. The van der Waals surface area contributed by atoms with Crippen LogP contribution in [0.15, 0.2) is 48.5 Å². The molecule has 0 radical (unpaired) electrons. The van der Waals surface area contributed by atoms with Gasteiger partial charge in [-0.2, -0.15) is 0 Å². The monoisotopic (exact) mass is 551 g/mol. The van der Waals surface area contributed by atoms with Gasteiger partial charge in [0, 0.05) is 10.6 Å². The summed E-state index contributed by atoms with van der Waals surface area (Å²) in [6, 6.07) is 11.8. The fraction of sp³-hybridized carbons (Fsp3) is 0.292. The number of benzene rings is 2. The number of alkyl halides is 2. The van der Waals surface area contributed by atoms with Crippen molar-refractivity contribution in [3.05, 3.63) is 64.7 Å². The summed E-state index contributed by atoms with van der Waals surface area (Å²) in [5, 5.41) is -0.364. The second-order valence-electron chi connectivity index (χ2n) is 8.36. The smallest absolute Gasteiger partial charge is 0.338 e. The molecule has 36 heavy (non-hydrogen) atoms. The highest BCUT2D eigenvalue weighted by Gasteiger charge is 2.52. The van der Waals surface area contributed by atoms with Crippen molar-refractivity contribution in [1.82, 2.24) is 10.9 Å². The van der Waals surface area contributed by atoms with Crippen molar-refractivity contribution in [2.75, 3.05) is 11.5 Å². The van der Waals surface area contributed by atoms with Crippen molar-refractivity contribution in [3.8, 4) is 0 Å². The number of nitrogens with one attached hydrogen (secondary N) is 2. The minimum absolute atomic E-state index is 0.0337. The molecule has 1 aliphatic heterocycles. The number of rotatable bonds is 5. The van der Waals surface area contributed by atoms with Crippen LogP contribution in [-0.2, 0) is 19.1 Å². The van der Waals surface area contributed by atoms with Crippen LogP contribution in [0.4, 0.5) is 5.69 Å². The molecule has 0 spiro atoms. The number of carbonyl (C=O) groups excluding carboxylic acids is 5. The molecule has 1 saturated heterocycles. The van der Waals surface area contributed by atoms with Gasteiger partial charge in [-0.3, -0.25) is 34.9 Å². The van der Waals surface area contributed by atoms with Gasteiger partial charge in [-0.15, -0.1) is 23.2 Å². The van der Waals surface area contributed by atoms with Gasteiger partial charge in [0.25, 0.3) is 11.8 Å². The second kappa shape index (κ2) is 10.9. The summed E-state index contributed by atoms with van der Waals surface area (Å²) >= 11 is 18.2. The van der Waals surface area contributed by atoms with Crippen LogP contribution < -0.4 is 15.8 Å². The van der Waals surface area contributed by atoms with Crippen molar-refractivity contribution >= 4 is 70.1 Å². The highest BCUT2D eigenvalue weighted by Crippen LogP contribution is 2.43. The van der Waals surface area contributed by atoms with Crippen LogP contribution in [0, 0.1) is 11.8 Å². The Morgan fingerprint density at radius 2 is 1.50 bits per heavy atom. The standard InChI is InChI=1S/C24H20Cl3N3O6/c25-14-6-4-12(5-7-14)21(32)29-28-20(31)11-36-24(35)13-2-1-3-15(8-13)30-22(33)16-9-18(26)19(27)10-17(16)23(30)34/h1-8,16-19H,9-11H2,(H,28,31)(H,29,32)/t16-,17+,18-,19-/m0/s1. The molecule has 0 bridgehead atoms. The summed E-state index contributed by atoms with van der Waals surface area (Å²) in [5.41, 5.74) is 4.85. The molecule has 9 nitrogen and oxygen atoms in total. The van der Waals surface area contributed by atoms with Gasteiger partial charge in [-0.1, -0.05) is 17.7 Å².